The molecule has 0 saturated heterocycles. The molecule has 0 saturated carbocycles. The van der Waals surface area contributed by atoms with E-state index in [1.165, 1.54) is 18.1 Å². The smallest absolute Gasteiger partial charge is 0.328 e. The molecule has 0 spiro atoms. The maximum Gasteiger partial charge on any atom is 0.328 e. The van der Waals surface area contributed by atoms with Gasteiger partial charge in [-0.3, -0.25) is 4.79 Å². The van der Waals surface area contributed by atoms with Gasteiger partial charge in [0.25, 0.3) is 5.91 Å². The topological polar surface area (TPSA) is 99.0 Å². The third-order valence-electron chi connectivity index (χ3n) is 3.12. The molecule has 0 unspecified atom stereocenters. The number of aromatic nitrogens is 4. The van der Waals surface area contributed by atoms with Crippen molar-refractivity contribution in [1.82, 2.24) is 25.5 Å². The van der Waals surface area contributed by atoms with Gasteiger partial charge in [0.15, 0.2) is 0 Å². The van der Waals surface area contributed by atoms with Crippen molar-refractivity contribution in [2.24, 2.45) is 0 Å². The van der Waals surface area contributed by atoms with E-state index in [1.54, 1.807) is 36.0 Å². The summed E-state index contributed by atoms with van der Waals surface area (Å²) < 4.78 is 6.18. The Balaban J connectivity index is 2.12. The Morgan fingerprint density at radius 1 is 1.43 bits per heavy atom. The van der Waals surface area contributed by atoms with Gasteiger partial charge in [-0.25, -0.2) is 9.48 Å². The van der Waals surface area contributed by atoms with Gasteiger partial charge < -0.3 is 10.1 Å². The zero-order chi connectivity index (χ0) is 16.7. The molecule has 0 aliphatic heterocycles. The van der Waals surface area contributed by atoms with E-state index in [9.17, 15) is 9.59 Å². The monoisotopic (exact) mass is 335 g/mol. The van der Waals surface area contributed by atoms with Crippen LogP contribution < -0.4 is 5.32 Å². The summed E-state index contributed by atoms with van der Waals surface area (Å²) in [6.07, 6.45) is 3.88. The van der Waals surface area contributed by atoms with Crippen molar-refractivity contribution in [3.63, 3.8) is 0 Å². The third-order valence-corrected chi connectivity index (χ3v) is 3.77. The van der Waals surface area contributed by atoms with Gasteiger partial charge in [-0.2, -0.15) is 11.8 Å². The minimum atomic E-state index is -0.670. The first-order valence-corrected chi connectivity index (χ1v) is 8.26. The van der Waals surface area contributed by atoms with Crippen LogP contribution in [0.15, 0.2) is 30.6 Å². The van der Waals surface area contributed by atoms with Crippen LogP contribution >= 0.6 is 11.8 Å². The number of benzene rings is 1. The fourth-order valence-electron chi connectivity index (χ4n) is 1.94. The highest BCUT2D eigenvalue weighted by molar-refractivity contribution is 7.98. The van der Waals surface area contributed by atoms with Crippen LogP contribution in [0.25, 0.3) is 5.69 Å². The largest absolute Gasteiger partial charge is 0.467 e. The van der Waals surface area contributed by atoms with E-state index < -0.39 is 12.0 Å². The van der Waals surface area contributed by atoms with Crippen LogP contribution in [0.5, 0.6) is 0 Å². The number of hydrogen-bond acceptors (Lipinski definition) is 7. The zero-order valence-electron chi connectivity index (χ0n) is 12.8. The highest BCUT2D eigenvalue weighted by atomic mass is 32.2. The van der Waals surface area contributed by atoms with Crippen LogP contribution in [0, 0.1) is 0 Å². The molecule has 1 heterocycles. The highest BCUT2D eigenvalue weighted by Crippen LogP contribution is 2.10. The Morgan fingerprint density at radius 3 is 2.91 bits per heavy atom. The Kier molecular flexibility index (Phi) is 6.10. The molecular formula is C14H17N5O3S. The predicted molar refractivity (Wildman–Crippen MR) is 85.4 cm³/mol. The molecule has 0 bridgehead atoms. The second-order valence-corrected chi connectivity index (χ2v) is 5.62. The lowest BCUT2D eigenvalue weighted by molar-refractivity contribution is -0.142. The summed E-state index contributed by atoms with van der Waals surface area (Å²) in [6, 6.07) is 6.14. The number of carbonyl (C=O) groups excluding carboxylic acids is 2. The Labute approximate surface area is 137 Å². The van der Waals surface area contributed by atoms with E-state index in [4.69, 9.17) is 4.74 Å². The maximum atomic E-state index is 12.4. The van der Waals surface area contributed by atoms with Gasteiger partial charge in [0.1, 0.15) is 12.4 Å². The second-order valence-electron chi connectivity index (χ2n) is 4.64. The molecular weight excluding hydrogens is 318 g/mol. The normalized spacial score (nSPS) is 11.7. The summed E-state index contributed by atoms with van der Waals surface area (Å²) >= 11 is 1.60. The summed E-state index contributed by atoms with van der Waals surface area (Å²) in [4.78, 5) is 24.1. The fourth-order valence-corrected chi connectivity index (χ4v) is 2.41. The highest BCUT2D eigenvalue weighted by Gasteiger charge is 2.21. The van der Waals surface area contributed by atoms with Crippen LogP contribution in [0.3, 0.4) is 0 Å². The molecule has 1 N–H and O–H groups in total. The van der Waals surface area contributed by atoms with E-state index in [1.807, 2.05) is 6.26 Å². The van der Waals surface area contributed by atoms with Gasteiger partial charge in [0.2, 0.25) is 0 Å². The number of nitrogens with one attached hydrogen (secondary N) is 1. The van der Waals surface area contributed by atoms with Crippen LogP contribution in [0.2, 0.25) is 0 Å². The second kappa shape index (κ2) is 8.28. The minimum Gasteiger partial charge on any atom is -0.467 e. The van der Waals surface area contributed by atoms with Gasteiger partial charge in [0.05, 0.1) is 12.8 Å². The summed E-state index contributed by atoms with van der Waals surface area (Å²) in [5.41, 5.74) is 1.07. The van der Waals surface area contributed by atoms with Crippen molar-refractivity contribution in [3.05, 3.63) is 36.2 Å². The van der Waals surface area contributed by atoms with Crippen LogP contribution in [0.4, 0.5) is 0 Å². The molecule has 0 fully saturated rings. The molecule has 122 valence electrons. The number of esters is 1. The molecule has 9 heteroatoms. The first-order valence-electron chi connectivity index (χ1n) is 6.86. The molecule has 1 amide bonds. The average molecular weight is 335 g/mol. The maximum absolute atomic E-state index is 12.4. The van der Waals surface area contributed by atoms with Crippen LogP contribution in [0.1, 0.15) is 16.8 Å². The molecule has 1 aromatic heterocycles. The van der Waals surface area contributed by atoms with Gasteiger partial charge in [0, 0.05) is 5.56 Å². The lowest BCUT2D eigenvalue weighted by Gasteiger charge is -2.16. The number of rotatable bonds is 7. The van der Waals surface area contributed by atoms with Crippen molar-refractivity contribution in [2.45, 2.75) is 12.5 Å². The lowest BCUT2D eigenvalue weighted by atomic mass is 10.1. The van der Waals surface area contributed by atoms with Crippen LogP contribution in [-0.2, 0) is 9.53 Å². The Hall–Kier alpha value is -2.42. The first kappa shape index (κ1) is 16.9. The van der Waals surface area contributed by atoms with E-state index >= 15 is 0 Å². The van der Waals surface area contributed by atoms with Crippen molar-refractivity contribution < 1.29 is 14.3 Å². The van der Waals surface area contributed by atoms with E-state index in [0.29, 0.717) is 17.7 Å². The number of ether oxygens (including phenoxy) is 1. The standard InChI is InChI=1S/C14H17N5O3S/c1-22-14(21)12(6-7-23-2)16-13(20)10-4-3-5-11(8-10)19-9-15-17-18-19/h3-5,8-9,12H,6-7H2,1-2H3,(H,16,20)/t12-/m0/s1. The number of tetrazole rings is 1. The quantitative estimate of drug-likeness (QED) is 0.743. The number of amides is 1. The number of nitrogens with zero attached hydrogens (tertiary/aromatic N) is 4. The molecule has 0 radical (unpaired) electrons. The number of thioether (sulfide) groups is 1. The Morgan fingerprint density at radius 2 is 2.26 bits per heavy atom. The number of hydrogen-bond donors (Lipinski definition) is 1. The molecule has 2 rings (SSSR count). The van der Waals surface area contributed by atoms with Crippen molar-refractivity contribution in [2.75, 3.05) is 19.1 Å². The summed E-state index contributed by atoms with van der Waals surface area (Å²) in [5.74, 6) is -0.0643. The molecule has 2 aromatic rings. The molecule has 8 nitrogen and oxygen atoms in total. The van der Waals surface area contributed by atoms with Gasteiger partial charge in [-0.1, -0.05) is 6.07 Å². The SMILES string of the molecule is COC(=O)[C@H](CCSC)NC(=O)c1cccc(-n2cnnn2)c1. The Bertz CT molecular complexity index is 662. The van der Waals surface area contributed by atoms with Crippen LogP contribution in [-0.4, -0.2) is 57.2 Å². The van der Waals surface area contributed by atoms with Gasteiger partial charge in [-0.15, -0.1) is 5.10 Å². The van der Waals surface area contributed by atoms with E-state index in [2.05, 4.69) is 20.8 Å². The van der Waals surface area contributed by atoms with Gasteiger partial charge >= 0.3 is 5.97 Å². The summed E-state index contributed by atoms with van der Waals surface area (Å²) in [7, 11) is 1.30. The zero-order valence-corrected chi connectivity index (χ0v) is 13.6. The first-order chi connectivity index (χ1) is 11.2. The van der Waals surface area contributed by atoms with Crippen molar-refractivity contribution in [3.8, 4) is 5.69 Å². The molecule has 1 aromatic carbocycles. The molecule has 23 heavy (non-hydrogen) atoms. The summed E-state index contributed by atoms with van der Waals surface area (Å²) in [6.45, 7) is 0. The number of methoxy groups -OCH3 is 1. The molecule has 1 atom stereocenters. The summed E-state index contributed by atoms with van der Waals surface area (Å²) in [5, 5.41) is 13.6. The molecule has 0 aliphatic rings. The molecule has 0 aliphatic carbocycles. The van der Waals surface area contributed by atoms with Crippen molar-refractivity contribution in [1.29, 1.82) is 0 Å². The van der Waals surface area contributed by atoms with Crippen molar-refractivity contribution >= 4 is 23.6 Å². The predicted octanol–water partition coefficient (Wildman–Crippen LogP) is 0.687. The number of carbonyl (C=O) groups is 2. The van der Waals surface area contributed by atoms with Gasteiger partial charge in [-0.05, 0) is 47.1 Å². The third kappa shape index (κ3) is 4.52. The lowest BCUT2D eigenvalue weighted by Crippen LogP contribution is -2.42. The fraction of sp³-hybridized carbons (Fsp3) is 0.357. The average Bonchev–Trinajstić information content (AvgIpc) is 3.12. The minimum absolute atomic E-state index is 0.351. The van der Waals surface area contributed by atoms with E-state index in [-0.39, 0.29) is 5.91 Å². The van der Waals surface area contributed by atoms with E-state index in [0.717, 1.165) is 5.75 Å².